The van der Waals surface area contributed by atoms with Crippen molar-refractivity contribution in [2.24, 2.45) is 0 Å². The van der Waals surface area contributed by atoms with Crippen molar-refractivity contribution in [3.63, 3.8) is 0 Å². The number of thiophene rings is 1. The summed E-state index contributed by atoms with van der Waals surface area (Å²) in [6, 6.07) is 70.8. The van der Waals surface area contributed by atoms with Gasteiger partial charge in [0.05, 0.1) is 11.4 Å². The van der Waals surface area contributed by atoms with Gasteiger partial charge in [0.1, 0.15) is 0 Å². The standard InChI is InChI=1S/C57H38N2S/c1-57(2)50-26-25-41(32-48(50)49-31-38-17-8-9-18-39(38)33-51(49)57)52-34-53(59-56(58-52)36-14-4-3-5-15-36)44-29-42(40-24-23-35-13-6-7-16-37(35)27-40)28-43(30-44)45-20-12-21-47-46-19-10-11-22-54(46)60-55(45)47/h3-34H,1-2H3. The normalized spacial score (nSPS) is 13.0. The predicted molar refractivity (Wildman–Crippen MR) is 255 cm³/mol. The van der Waals surface area contributed by atoms with Crippen LogP contribution < -0.4 is 0 Å². The van der Waals surface area contributed by atoms with Gasteiger partial charge in [0.15, 0.2) is 5.82 Å². The van der Waals surface area contributed by atoms with Gasteiger partial charge in [0, 0.05) is 42.3 Å². The van der Waals surface area contributed by atoms with Crippen LogP contribution in [0.3, 0.4) is 0 Å². The van der Waals surface area contributed by atoms with E-state index in [1.807, 2.05) is 17.4 Å². The van der Waals surface area contributed by atoms with Crippen LogP contribution >= 0.6 is 11.3 Å². The van der Waals surface area contributed by atoms with Crippen LogP contribution in [0.5, 0.6) is 0 Å². The van der Waals surface area contributed by atoms with Crippen LogP contribution in [-0.2, 0) is 5.41 Å². The fourth-order valence-corrected chi connectivity index (χ4v) is 10.7. The Balaban J connectivity index is 1.08. The molecule has 1 aliphatic rings. The molecule has 0 amide bonds. The molecule has 0 unspecified atom stereocenters. The van der Waals surface area contributed by atoms with Gasteiger partial charge in [-0.2, -0.15) is 0 Å². The molecule has 1 aliphatic carbocycles. The summed E-state index contributed by atoms with van der Waals surface area (Å²) in [5, 5.41) is 7.57. The van der Waals surface area contributed by atoms with Crippen molar-refractivity contribution in [1.82, 2.24) is 9.97 Å². The number of rotatable bonds is 5. The summed E-state index contributed by atoms with van der Waals surface area (Å²) in [6.07, 6.45) is 0. The topological polar surface area (TPSA) is 25.8 Å². The van der Waals surface area contributed by atoms with Crippen molar-refractivity contribution in [3.8, 4) is 67.3 Å². The maximum atomic E-state index is 5.37. The molecule has 0 aliphatic heterocycles. The number of fused-ring (bicyclic) bond motifs is 8. The minimum absolute atomic E-state index is 0.115. The second-order valence-corrected chi connectivity index (χ2v) is 17.7. The quantitative estimate of drug-likeness (QED) is 0.174. The maximum absolute atomic E-state index is 5.37. The van der Waals surface area contributed by atoms with Gasteiger partial charge in [-0.25, -0.2) is 9.97 Å². The fourth-order valence-electron chi connectivity index (χ4n) is 9.50. The fraction of sp³-hybridized carbons (Fsp3) is 0.0526. The lowest BCUT2D eigenvalue weighted by molar-refractivity contribution is 0.661. The molecule has 0 atom stereocenters. The highest BCUT2D eigenvalue weighted by Crippen LogP contribution is 2.51. The van der Waals surface area contributed by atoms with Crippen molar-refractivity contribution in [3.05, 3.63) is 205 Å². The Labute approximate surface area is 353 Å². The van der Waals surface area contributed by atoms with E-state index < -0.39 is 0 Å². The highest BCUT2D eigenvalue weighted by atomic mass is 32.1. The molecule has 9 aromatic carbocycles. The zero-order valence-corrected chi connectivity index (χ0v) is 34.1. The van der Waals surface area contributed by atoms with Gasteiger partial charge in [-0.05, 0) is 121 Å². The smallest absolute Gasteiger partial charge is 0.160 e. The number of nitrogens with zero attached hydrogens (tertiary/aromatic N) is 2. The van der Waals surface area contributed by atoms with Crippen LogP contribution in [0.4, 0.5) is 0 Å². The molecule has 3 heteroatoms. The molecule has 0 fully saturated rings. The zero-order chi connectivity index (χ0) is 40.0. The van der Waals surface area contributed by atoms with E-state index in [0.717, 1.165) is 39.2 Å². The summed E-state index contributed by atoms with van der Waals surface area (Å²) < 4.78 is 2.59. The van der Waals surface area contributed by atoms with Crippen LogP contribution in [0, 0.1) is 0 Å². The van der Waals surface area contributed by atoms with Gasteiger partial charge in [0.2, 0.25) is 0 Å². The van der Waals surface area contributed by atoms with Crippen LogP contribution in [0.25, 0.3) is 109 Å². The number of aromatic nitrogens is 2. The molecule has 0 bridgehead atoms. The SMILES string of the molecule is CC1(C)c2ccc(-c3cc(-c4cc(-c5ccc6ccccc6c5)cc(-c5cccc6c5sc5ccccc56)c4)nc(-c4ccccc4)n3)cc2-c2cc3ccccc3cc21. The van der Waals surface area contributed by atoms with E-state index in [1.165, 1.54) is 75.1 Å². The van der Waals surface area contributed by atoms with Crippen molar-refractivity contribution >= 4 is 53.1 Å². The van der Waals surface area contributed by atoms with E-state index in [9.17, 15) is 0 Å². The van der Waals surface area contributed by atoms with E-state index >= 15 is 0 Å². The van der Waals surface area contributed by atoms with Crippen LogP contribution in [-0.4, -0.2) is 9.97 Å². The van der Waals surface area contributed by atoms with Crippen molar-refractivity contribution in [1.29, 1.82) is 0 Å². The van der Waals surface area contributed by atoms with Crippen LogP contribution in [0.1, 0.15) is 25.0 Å². The lowest BCUT2D eigenvalue weighted by Crippen LogP contribution is -2.14. The monoisotopic (exact) mass is 782 g/mol. The Morgan fingerprint density at radius 3 is 1.83 bits per heavy atom. The Morgan fingerprint density at radius 2 is 1.00 bits per heavy atom. The lowest BCUT2D eigenvalue weighted by atomic mass is 9.81. The summed E-state index contributed by atoms with van der Waals surface area (Å²) in [5.41, 5.74) is 14.8. The average Bonchev–Trinajstić information content (AvgIpc) is 3.79. The largest absolute Gasteiger partial charge is 0.228 e. The molecule has 2 heterocycles. The first kappa shape index (κ1) is 34.8. The molecule has 0 saturated heterocycles. The van der Waals surface area contributed by atoms with E-state index in [4.69, 9.17) is 9.97 Å². The van der Waals surface area contributed by atoms with E-state index in [0.29, 0.717) is 5.82 Å². The third-order valence-electron chi connectivity index (χ3n) is 12.6. The van der Waals surface area contributed by atoms with Crippen LogP contribution in [0.2, 0.25) is 0 Å². The minimum atomic E-state index is -0.115. The van der Waals surface area contributed by atoms with Gasteiger partial charge in [-0.15, -0.1) is 11.3 Å². The van der Waals surface area contributed by atoms with Gasteiger partial charge in [-0.1, -0.05) is 153 Å². The Morgan fingerprint density at radius 1 is 0.367 bits per heavy atom. The van der Waals surface area contributed by atoms with E-state index in [2.05, 4.69) is 202 Å². The molecule has 0 saturated carbocycles. The second-order valence-electron chi connectivity index (χ2n) is 16.6. The zero-order valence-electron chi connectivity index (χ0n) is 33.3. The first-order valence-electron chi connectivity index (χ1n) is 20.6. The summed E-state index contributed by atoms with van der Waals surface area (Å²) in [5.74, 6) is 0.708. The molecule has 282 valence electrons. The van der Waals surface area contributed by atoms with E-state index in [1.54, 1.807) is 0 Å². The summed E-state index contributed by atoms with van der Waals surface area (Å²) >= 11 is 1.87. The predicted octanol–water partition coefficient (Wildman–Crippen LogP) is 15.8. The molecule has 2 nitrogen and oxygen atoms in total. The lowest BCUT2D eigenvalue weighted by Gasteiger charge is -2.22. The van der Waals surface area contributed by atoms with Gasteiger partial charge >= 0.3 is 0 Å². The second kappa shape index (κ2) is 13.4. The Kier molecular flexibility index (Phi) is 7.79. The van der Waals surface area contributed by atoms with E-state index in [-0.39, 0.29) is 5.41 Å². The summed E-state index contributed by atoms with van der Waals surface area (Å²) in [6.45, 7) is 4.70. The van der Waals surface area contributed by atoms with Crippen molar-refractivity contribution in [2.45, 2.75) is 19.3 Å². The third-order valence-corrected chi connectivity index (χ3v) is 13.8. The number of hydrogen-bond donors (Lipinski definition) is 0. The Bertz CT molecular complexity index is 3520. The van der Waals surface area contributed by atoms with Crippen molar-refractivity contribution < 1.29 is 0 Å². The summed E-state index contributed by atoms with van der Waals surface area (Å²) in [4.78, 5) is 10.7. The maximum Gasteiger partial charge on any atom is 0.160 e. The molecule has 11 aromatic rings. The van der Waals surface area contributed by atoms with Crippen LogP contribution in [0.15, 0.2) is 194 Å². The molecule has 0 radical (unpaired) electrons. The molecule has 0 spiro atoms. The molecule has 0 N–H and O–H groups in total. The Hall–Kier alpha value is -7.20. The molecule has 12 rings (SSSR count). The average molecular weight is 783 g/mol. The molecular weight excluding hydrogens is 745 g/mol. The number of benzene rings is 9. The van der Waals surface area contributed by atoms with Gasteiger partial charge in [0.25, 0.3) is 0 Å². The highest BCUT2D eigenvalue weighted by molar-refractivity contribution is 7.26. The molecule has 2 aromatic heterocycles. The minimum Gasteiger partial charge on any atom is -0.228 e. The first-order chi connectivity index (χ1) is 29.4. The number of hydrogen-bond acceptors (Lipinski definition) is 3. The molecular formula is C57H38N2S. The summed E-state index contributed by atoms with van der Waals surface area (Å²) in [7, 11) is 0. The van der Waals surface area contributed by atoms with Gasteiger partial charge < -0.3 is 0 Å². The first-order valence-corrected chi connectivity index (χ1v) is 21.4. The molecule has 60 heavy (non-hydrogen) atoms. The third kappa shape index (κ3) is 5.61. The highest BCUT2D eigenvalue weighted by Gasteiger charge is 2.36. The van der Waals surface area contributed by atoms with Gasteiger partial charge in [-0.3, -0.25) is 0 Å². The van der Waals surface area contributed by atoms with Crippen molar-refractivity contribution in [2.75, 3.05) is 0 Å².